The molecule has 1 amide bonds. The van der Waals surface area contributed by atoms with Crippen molar-refractivity contribution in [3.63, 3.8) is 0 Å². The quantitative estimate of drug-likeness (QED) is 0.821. The number of aromatic nitrogens is 1. The molecule has 0 spiro atoms. The number of ether oxygens (including phenoxy) is 1. The number of carbonyl (C=O) groups excluding carboxylic acids is 2. The smallest absolute Gasteiger partial charge is 0.339 e. The minimum absolute atomic E-state index is 0.0144. The number of aromatic amines is 1. The molecule has 1 aromatic heterocycles. The van der Waals surface area contributed by atoms with Crippen molar-refractivity contribution in [3.8, 4) is 0 Å². The summed E-state index contributed by atoms with van der Waals surface area (Å²) in [7, 11) is -0.178. The Balaban J connectivity index is 2.33. The van der Waals surface area contributed by atoms with E-state index in [2.05, 4.69) is 4.98 Å². The number of carbonyl (C=O) groups is 2. The summed E-state index contributed by atoms with van der Waals surface area (Å²) in [6, 6.07) is -0.332. The van der Waals surface area contributed by atoms with Gasteiger partial charge in [-0.25, -0.2) is 13.2 Å². The summed E-state index contributed by atoms with van der Waals surface area (Å²) in [6.45, 7) is 3.56. The van der Waals surface area contributed by atoms with E-state index in [1.54, 1.807) is 14.0 Å². The maximum atomic E-state index is 12.7. The number of H-pyrrole nitrogens is 1. The summed E-state index contributed by atoms with van der Waals surface area (Å²) in [4.78, 5) is 29.1. The fourth-order valence-corrected chi connectivity index (χ4v) is 4.71. The zero-order valence-electron chi connectivity index (χ0n) is 13.8. The molecule has 1 unspecified atom stereocenters. The van der Waals surface area contributed by atoms with E-state index >= 15 is 0 Å². The number of rotatable bonds is 4. The van der Waals surface area contributed by atoms with Gasteiger partial charge < -0.3 is 14.6 Å². The molecular weight excluding hydrogens is 320 g/mol. The third kappa shape index (κ3) is 3.26. The SMILES string of the molecule is CCc1[nH]c(C(=O)N(C)C2CCS(=O)(=O)C2)c(C)c1C(=O)OC. The first-order valence-electron chi connectivity index (χ1n) is 7.49. The van der Waals surface area contributed by atoms with Crippen LogP contribution in [-0.2, 0) is 21.0 Å². The zero-order chi connectivity index (χ0) is 17.4. The molecule has 0 saturated carbocycles. The minimum Gasteiger partial charge on any atom is -0.465 e. The van der Waals surface area contributed by atoms with Crippen LogP contribution in [0.4, 0.5) is 0 Å². The molecule has 128 valence electrons. The lowest BCUT2D eigenvalue weighted by molar-refractivity contribution is 0.0599. The van der Waals surface area contributed by atoms with Crippen LogP contribution in [0.1, 0.15) is 45.4 Å². The van der Waals surface area contributed by atoms with Gasteiger partial charge in [0.15, 0.2) is 9.84 Å². The lowest BCUT2D eigenvalue weighted by Gasteiger charge is -2.23. The summed E-state index contributed by atoms with van der Waals surface area (Å²) in [5, 5.41) is 0. The Morgan fingerprint density at radius 1 is 1.39 bits per heavy atom. The number of aryl methyl sites for hydroxylation is 1. The summed E-state index contributed by atoms with van der Waals surface area (Å²) in [5.41, 5.74) is 1.87. The van der Waals surface area contributed by atoms with Crippen molar-refractivity contribution < 1.29 is 22.7 Å². The van der Waals surface area contributed by atoms with Gasteiger partial charge in [-0.3, -0.25) is 4.79 Å². The summed E-state index contributed by atoms with van der Waals surface area (Å²) >= 11 is 0. The van der Waals surface area contributed by atoms with E-state index in [1.165, 1.54) is 12.0 Å². The fraction of sp³-hybridized carbons (Fsp3) is 0.600. The molecule has 1 aliphatic heterocycles. The predicted molar refractivity (Wildman–Crippen MR) is 85.4 cm³/mol. The summed E-state index contributed by atoms with van der Waals surface area (Å²) in [5.74, 6) is -0.707. The van der Waals surface area contributed by atoms with E-state index in [4.69, 9.17) is 4.74 Å². The predicted octanol–water partition coefficient (Wildman–Crippen LogP) is 0.931. The molecule has 8 heteroatoms. The van der Waals surface area contributed by atoms with Gasteiger partial charge >= 0.3 is 5.97 Å². The van der Waals surface area contributed by atoms with Crippen LogP contribution in [0.2, 0.25) is 0 Å². The van der Waals surface area contributed by atoms with Gasteiger partial charge in [0.1, 0.15) is 5.69 Å². The number of amides is 1. The average Bonchev–Trinajstić information content (AvgIpc) is 3.04. The second-order valence-corrected chi connectivity index (χ2v) is 8.03. The van der Waals surface area contributed by atoms with E-state index in [9.17, 15) is 18.0 Å². The Morgan fingerprint density at radius 2 is 2.04 bits per heavy atom. The highest BCUT2D eigenvalue weighted by atomic mass is 32.2. The Bertz CT molecular complexity index is 735. The van der Waals surface area contributed by atoms with E-state index in [1.807, 2.05) is 6.92 Å². The first-order valence-corrected chi connectivity index (χ1v) is 9.31. The van der Waals surface area contributed by atoms with Crippen LogP contribution in [0.25, 0.3) is 0 Å². The molecular formula is C15H22N2O5S. The maximum absolute atomic E-state index is 12.7. The zero-order valence-corrected chi connectivity index (χ0v) is 14.6. The number of hydrogen-bond acceptors (Lipinski definition) is 5. The van der Waals surface area contributed by atoms with Crippen LogP contribution in [0.3, 0.4) is 0 Å². The molecule has 0 aliphatic carbocycles. The molecule has 1 N–H and O–H groups in total. The van der Waals surface area contributed by atoms with E-state index < -0.39 is 15.8 Å². The van der Waals surface area contributed by atoms with Gasteiger partial charge in [0.05, 0.1) is 24.2 Å². The van der Waals surface area contributed by atoms with Crippen molar-refractivity contribution in [1.29, 1.82) is 0 Å². The second-order valence-electron chi connectivity index (χ2n) is 5.80. The van der Waals surface area contributed by atoms with Gasteiger partial charge in [0.2, 0.25) is 0 Å². The third-order valence-corrected chi connectivity index (χ3v) is 6.11. The molecule has 0 aromatic carbocycles. The average molecular weight is 342 g/mol. The summed E-state index contributed by atoms with van der Waals surface area (Å²) in [6.07, 6.45) is 0.995. The maximum Gasteiger partial charge on any atom is 0.339 e. The molecule has 1 fully saturated rings. The monoisotopic (exact) mass is 342 g/mol. The van der Waals surface area contributed by atoms with Gasteiger partial charge in [-0.2, -0.15) is 0 Å². The second kappa shape index (κ2) is 6.35. The number of nitrogens with one attached hydrogen (secondary N) is 1. The Morgan fingerprint density at radius 3 is 2.52 bits per heavy atom. The highest BCUT2D eigenvalue weighted by Gasteiger charge is 2.34. The van der Waals surface area contributed by atoms with Gasteiger partial charge in [0, 0.05) is 18.8 Å². The van der Waals surface area contributed by atoms with Crippen LogP contribution in [0, 0.1) is 6.92 Å². The highest BCUT2D eigenvalue weighted by Crippen LogP contribution is 2.24. The van der Waals surface area contributed by atoms with Crippen LogP contribution in [0.15, 0.2) is 0 Å². The van der Waals surface area contributed by atoms with Gasteiger partial charge in [-0.1, -0.05) is 6.92 Å². The van der Waals surface area contributed by atoms with Crippen molar-refractivity contribution in [2.24, 2.45) is 0 Å². The van der Waals surface area contributed by atoms with Crippen molar-refractivity contribution in [1.82, 2.24) is 9.88 Å². The molecule has 2 rings (SSSR count). The third-order valence-electron chi connectivity index (χ3n) is 4.36. The molecule has 2 heterocycles. The Kier molecular flexibility index (Phi) is 4.84. The molecule has 1 saturated heterocycles. The molecule has 0 bridgehead atoms. The topological polar surface area (TPSA) is 96.5 Å². The van der Waals surface area contributed by atoms with E-state index in [-0.39, 0.29) is 23.5 Å². The minimum atomic E-state index is -3.07. The molecule has 1 atom stereocenters. The fourth-order valence-electron chi connectivity index (χ4n) is 2.94. The van der Waals surface area contributed by atoms with Gasteiger partial charge in [-0.15, -0.1) is 0 Å². The molecule has 1 aromatic rings. The van der Waals surface area contributed by atoms with E-state index in [0.29, 0.717) is 35.4 Å². The van der Waals surface area contributed by atoms with Crippen molar-refractivity contribution >= 4 is 21.7 Å². The first kappa shape index (κ1) is 17.5. The number of nitrogens with zero attached hydrogens (tertiary/aromatic N) is 1. The molecule has 1 aliphatic rings. The number of esters is 1. The van der Waals surface area contributed by atoms with Crippen molar-refractivity contribution in [2.75, 3.05) is 25.7 Å². The van der Waals surface area contributed by atoms with E-state index in [0.717, 1.165) is 0 Å². The van der Waals surface area contributed by atoms with Crippen molar-refractivity contribution in [2.45, 2.75) is 32.7 Å². The molecule has 7 nitrogen and oxygen atoms in total. The van der Waals surface area contributed by atoms with Crippen molar-refractivity contribution in [3.05, 3.63) is 22.5 Å². The number of methoxy groups -OCH3 is 1. The van der Waals surface area contributed by atoms with Gasteiger partial charge in [0.25, 0.3) is 5.91 Å². The Labute approximate surface area is 135 Å². The normalized spacial score (nSPS) is 19.6. The van der Waals surface area contributed by atoms with Crippen LogP contribution >= 0.6 is 0 Å². The van der Waals surface area contributed by atoms with Crippen LogP contribution in [0.5, 0.6) is 0 Å². The molecule has 0 radical (unpaired) electrons. The number of sulfone groups is 1. The number of hydrogen-bond donors (Lipinski definition) is 1. The largest absolute Gasteiger partial charge is 0.465 e. The lowest BCUT2D eigenvalue weighted by Crippen LogP contribution is -2.38. The van der Waals surface area contributed by atoms with Gasteiger partial charge in [-0.05, 0) is 25.3 Å². The van der Waals surface area contributed by atoms with Crippen LogP contribution < -0.4 is 0 Å². The standard InChI is InChI=1S/C15H22N2O5S/c1-5-11-12(15(19)22-4)9(2)13(16-11)14(18)17(3)10-6-7-23(20,21)8-10/h10,16H,5-8H2,1-4H3. The lowest BCUT2D eigenvalue weighted by atomic mass is 10.1. The molecule has 23 heavy (non-hydrogen) atoms. The highest BCUT2D eigenvalue weighted by molar-refractivity contribution is 7.91. The first-order chi connectivity index (χ1) is 10.7. The van der Waals surface area contributed by atoms with Crippen LogP contribution in [-0.4, -0.2) is 61.9 Å². The summed E-state index contributed by atoms with van der Waals surface area (Å²) < 4.78 is 28.0. The Hall–Kier alpha value is -1.83.